The Morgan fingerprint density at radius 2 is 2.00 bits per heavy atom. The standard InChI is InChI=1S/C8H6Cl3N/c1-4(2)7-5(9)3-6(10)12-8(7)11/h3H,1H2,2H3. The third kappa shape index (κ3) is 1.92. The summed E-state index contributed by atoms with van der Waals surface area (Å²) in [5.41, 5.74) is 1.43. The van der Waals surface area contributed by atoms with Crippen LogP contribution >= 0.6 is 34.8 Å². The maximum Gasteiger partial charge on any atom is 0.139 e. The summed E-state index contributed by atoms with van der Waals surface area (Å²) < 4.78 is 0. The van der Waals surface area contributed by atoms with E-state index in [0.717, 1.165) is 5.57 Å². The highest BCUT2D eigenvalue weighted by Crippen LogP contribution is 2.30. The SMILES string of the molecule is C=C(C)c1c(Cl)cc(Cl)nc1Cl. The molecule has 0 unspecified atom stereocenters. The van der Waals surface area contributed by atoms with Gasteiger partial charge in [-0.3, -0.25) is 0 Å². The predicted octanol–water partition coefficient (Wildman–Crippen LogP) is 4.07. The number of hydrogen-bond donors (Lipinski definition) is 0. The van der Waals surface area contributed by atoms with Gasteiger partial charge in [0.2, 0.25) is 0 Å². The third-order valence-corrected chi connectivity index (χ3v) is 2.09. The van der Waals surface area contributed by atoms with Gasteiger partial charge in [0.15, 0.2) is 0 Å². The van der Waals surface area contributed by atoms with Gasteiger partial charge in [0.05, 0.1) is 5.02 Å². The van der Waals surface area contributed by atoms with Crippen LogP contribution in [0.4, 0.5) is 0 Å². The van der Waals surface area contributed by atoms with Crippen molar-refractivity contribution in [3.05, 3.63) is 33.5 Å². The van der Waals surface area contributed by atoms with Gasteiger partial charge in [0.25, 0.3) is 0 Å². The molecule has 4 heteroatoms. The first kappa shape index (κ1) is 9.85. The smallest absolute Gasteiger partial charge is 0.139 e. The lowest BCUT2D eigenvalue weighted by atomic mass is 10.1. The van der Waals surface area contributed by atoms with Crippen LogP contribution in [0.2, 0.25) is 15.3 Å². The van der Waals surface area contributed by atoms with Crippen LogP contribution < -0.4 is 0 Å². The Balaban J connectivity index is 3.38. The van der Waals surface area contributed by atoms with Gasteiger partial charge >= 0.3 is 0 Å². The zero-order valence-electron chi connectivity index (χ0n) is 6.37. The summed E-state index contributed by atoms with van der Waals surface area (Å²) in [6.45, 7) is 5.53. The van der Waals surface area contributed by atoms with Crippen molar-refractivity contribution in [1.82, 2.24) is 4.98 Å². The first-order valence-electron chi connectivity index (χ1n) is 3.20. The van der Waals surface area contributed by atoms with Crippen molar-refractivity contribution in [2.24, 2.45) is 0 Å². The van der Waals surface area contributed by atoms with Gasteiger partial charge in [-0.1, -0.05) is 41.4 Å². The average molecular weight is 223 g/mol. The third-order valence-electron chi connectivity index (χ3n) is 1.32. The molecule has 0 aliphatic heterocycles. The Morgan fingerprint density at radius 3 is 2.42 bits per heavy atom. The van der Waals surface area contributed by atoms with E-state index < -0.39 is 0 Å². The van der Waals surface area contributed by atoms with Crippen LogP contribution in [0.1, 0.15) is 12.5 Å². The molecule has 0 saturated carbocycles. The lowest BCUT2D eigenvalue weighted by Gasteiger charge is -2.04. The Hall–Kier alpha value is -0.240. The fraction of sp³-hybridized carbons (Fsp3) is 0.125. The molecule has 64 valence electrons. The number of aromatic nitrogens is 1. The van der Waals surface area contributed by atoms with E-state index in [1.165, 1.54) is 0 Å². The van der Waals surface area contributed by atoms with Gasteiger partial charge < -0.3 is 0 Å². The molecule has 1 aromatic heterocycles. The number of halogens is 3. The Bertz CT molecular complexity index is 310. The van der Waals surface area contributed by atoms with Crippen LogP contribution in [0.25, 0.3) is 5.57 Å². The van der Waals surface area contributed by atoms with Crippen LogP contribution in [0, 0.1) is 0 Å². The van der Waals surface area contributed by atoms with Gasteiger partial charge in [-0.05, 0) is 18.6 Å². The van der Waals surface area contributed by atoms with Crippen molar-refractivity contribution in [1.29, 1.82) is 0 Å². The van der Waals surface area contributed by atoms with Gasteiger partial charge in [0, 0.05) is 5.56 Å². The molecule has 0 radical (unpaired) electrons. The first-order valence-corrected chi connectivity index (χ1v) is 4.33. The molecule has 1 aromatic rings. The molecule has 0 atom stereocenters. The second-order valence-electron chi connectivity index (χ2n) is 2.37. The highest BCUT2D eigenvalue weighted by molar-refractivity contribution is 6.39. The molecule has 0 aliphatic carbocycles. The van der Waals surface area contributed by atoms with E-state index in [2.05, 4.69) is 11.6 Å². The van der Waals surface area contributed by atoms with Crippen LogP contribution in [-0.4, -0.2) is 4.98 Å². The number of nitrogens with zero attached hydrogens (tertiary/aromatic N) is 1. The number of pyridine rings is 1. The molecule has 0 aromatic carbocycles. The van der Waals surface area contributed by atoms with Crippen molar-refractivity contribution < 1.29 is 0 Å². The molecule has 1 nitrogen and oxygen atoms in total. The summed E-state index contributed by atoms with van der Waals surface area (Å²) in [6.07, 6.45) is 0. The van der Waals surface area contributed by atoms with Gasteiger partial charge in [-0.2, -0.15) is 0 Å². The van der Waals surface area contributed by atoms with Crippen molar-refractivity contribution >= 4 is 40.4 Å². The summed E-state index contributed by atoms with van der Waals surface area (Å²) in [6, 6.07) is 1.54. The lowest BCUT2D eigenvalue weighted by molar-refractivity contribution is 1.30. The minimum absolute atomic E-state index is 0.287. The van der Waals surface area contributed by atoms with Crippen LogP contribution in [0.5, 0.6) is 0 Å². The number of allylic oxidation sites excluding steroid dienone is 1. The second kappa shape index (κ2) is 3.65. The van der Waals surface area contributed by atoms with E-state index in [-0.39, 0.29) is 5.15 Å². The van der Waals surface area contributed by atoms with Crippen molar-refractivity contribution in [3.8, 4) is 0 Å². The summed E-state index contributed by atoms with van der Waals surface area (Å²) in [5.74, 6) is 0. The molecule has 0 bridgehead atoms. The Kier molecular flexibility index (Phi) is 2.99. The van der Waals surface area contributed by atoms with E-state index in [1.807, 2.05) is 6.92 Å². The summed E-state index contributed by atoms with van der Waals surface area (Å²) in [7, 11) is 0. The van der Waals surface area contributed by atoms with Crippen LogP contribution in [-0.2, 0) is 0 Å². The van der Waals surface area contributed by atoms with E-state index >= 15 is 0 Å². The minimum atomic E-state index is 0.287. The summed E-state index contributed by atoms with van der Waals surface area (Å²) in [4.78, 5) is 3.84. The highest BCUT2D eigenvalue weighted by atomic mass is 35.5. The normalized spacial score (nSPS) is 10.0. The zero-order valence-corrected chi connectivity index (χ0v) is 8.63. The highest BCUT2D eigenvalue weighted by Gasteiger charge is 2.08. The predicted molar refractivity (Wildman–Crippen MR) is 54.0 cm³/mol. The quantitative estimate of drug-likeness (QED) is 0.653. The Morgan fingerprint density at radius 1 is 1.42 bits per heavy atom. The van der Waals surface area contributed by atoms with Crippen LogP contribution in [0.15, 0.2) is 12.6 Å². The zero-order chi connectivity index (χ0) is 9.30. The molecular weight excluding hydrogens is 216 g/mol. The number of rotatable bonds is 1. The van der Waals surface area contributed by atoms with Crippen molar-refractivity contribution in [2.75, 3.05) is 0 Å². The molecule has 0 amide bonds. The molecule has 0 aliphatic rings. The molecule has 1 heterocycles. The molecule has 12 heavy (non-hydrogen) atoms. The Labute approximate surface area is 86.0 Å². The minimum Gasteiger partial charge on any atom is -0.224 e. The van der Waals surface area contributed by atoms with Crippen LogP contribution in [0.3, 0.4) is 0 Å². The van der Waals surface area contributed by atoms with E-state index in [9.17, 15) is 0 Å². The molecule has 0 fully saturated rings. The summed E-state index contributed by atoms with van der Waals surface area (Å²) >= 11 is 17.3. The van der Waals surface area contributed by atoms with Crippen molar-refractivity contribution in [3.63, 3.8) is 0 Å². The maximum atomic E-state index is 5.86. The number of hydrogen-bond acceptors (Lipinski definition) is 1. The van der Waals surface area contributed by atoms with E-state index in [4.69, 9.17) is 34.8 Å². The molecule has 1 rings (SSSR count). The van der Waals surface area contributed by atoms with Gasteiger partial charge in [-0.25, -0.2) is 4.98 Å². The molecule has 0 N–H and O–H groups in total. The van der Waals surface area contributed by atoms with E-state index in [0.29, 0.717) is 15.7 Å². The van der Waals surface area contributed by atoms with Crippen molar-refractivity contribution in [2.45, 2.75) is 6.92 Å². The van der Waals surface area contributed by atoms with E-state index in [1.54, 1.807) is 6.07 Å². The average Bonchev–Trinajstić information content (AvgIpc) is 1.82. The van der Waals surface area contributed by atoms with Gasteiger partial charge in [0.1, 0.15) is 10.3 Å². The first-order chi connectivity index (χ1) is 5.52. The topological polar surface area (TPSA) is 12.9 Å². The monoisotopic (exact) mass is 221 g/mol. The largest absolute Gasteiger partial charge is 0.224 e. The second-order valence-corrected chi connectivity index (χ2v) is 3.53. The maximum absolute atomic E-state index is 5.86. The molecule has 0 spiro atoms. The molecular formula is C8H6Cl3N. The molecule has 0 saturated heterocycles. The van der Waals surface area contributed by atoms with Gasteiger partial charge in [-0.15, -0.1) is 0 Å². The fourth-order valence-corrected chi connectivity index (χ4v) is 1.89. The fourth-order valence-electron chi connectivity index (χ4n) is 0.837. The lowest BCUT2D eigenvalue weighted by Crippen LogP contribution is -1.87. The summed E-state index contributed by atoms with van der Waals surface area (Å²) in [5, 5.41) is 1.06.